The van der Waals surface area contributed by atoms with Crippen molar-refractivity contribution in [3.63, 3.8) is 0 Å². The van der Waals surface area contributed by atoms with Gasteiger partial charge in [-0.05, 0) is 12.8 Å². The maximum atomic E-state index is 5.91. The minimum Gasteiger partial charge on any atom is -0.376 e. The molecule has 1 saturated carbocycles. The average Bonchev–Trinajstić information content (AvgIpc) is 1.88. The van der Waals surface area contributed by atoms with Gasteiger partial charge < -0.3 is 4.74 Å². The van der Waals surface area contributed by atoms with Crippen molar-refractivity contribution < 1.29 is 4.74 Å². The summed E-state index contributed by atoms with van der Waals surface area (Å²) in [6.45, 7) is 0.791. The normalized spacial score (nSPS) is 57.0. The second kappa shape index (κ2) is 0.981. The zero-order valence-electron chi connectivity index (χ0n) is 3.98. The Bertz CT molecular complexity index is 90.7. The molecule has 40 valence electrons. The van der Waals surface area contributed by atoms with Crippen molar-refractivity contribution in [1.29, 1.82) is 0 Å². The van der Waals surface area contributed by atoms with Gasteiger partial charge in [0.25, 0.3) is 0 Å². The van der Waals surface area contributed by atoms with Gasteiger partial charge in [0.2, 0.25) is 0 Å². The molecule has 2 heteroatoms. The van der Waals surface area contributed by atoms with Crippen LogP contribution in [0.3, 0.4) is 0 Å². The molecule has 0 N–H and O–H groups in total. The monoisotopic (exact) mass is 118 g/mol. The highest BCUT2D eigenvalue weighted by atomic mass is 35.5. The lowest BCUT2D eigenvalue weighted by Crippen LogP contribution is -2.33. The fourth-order valence-corrected chi connectivity index (χ4v) is 1.67. The highest BCUT2D eigenvalue weighted by molar-refractivity contribution is 6.25. The Morgan fingerprint density at radius 2 is 2.29 bits per heavy atom. The summed E-state index contributed by atoms with van der Waals surface area (Å²) >= 11 is 5.91. The highest BCUT2D eigenvalue weighted by Gasteiger charge is 2.50. The SMILES string of the molecule is ClC12COC(C1)C2. The molecule has 3 aliphatic rings. The van der Waals surface area contributed by atoms with Crippen LogP contribution in [0.25, 0.3) is 0 Å². The second-order valence-electron chi connectivity index (χ2n) is 2.49. The van der Waals surface area contributed by atoms with Crippen molar-refractivity contribution >= 4 is 11.6 Å². The largest absolute Gasteiger partial charge is 0.376 e. The van der Waals surface area contributed by atoms with E-state index in [2.05, 4.69) is 0 Å². The molecular formula is C5H7ClO. The van der Waals surface area contributed by atoms with Gasteiger partial charge in [-0.15, -0.1) is 11.6 Å². The van der Waals surface area contributed by atoms with Gasteiger partial charge in [0.05, 0.1) is 17.6 Å². The van der Waals surface area contributed by atoms with Crippen molar-refractivity contribution in [3.05, 3.63) is 0 Å². The summed E-state index contributed by atoms with van der Waals surface area (Å²) in [5.74, 6) is 0. The van der Waals surface area contributed by atoms with Crippen LogP contribution in [-0.4, -0.2) is 17.6 Å². The Morgan fingerprint density at radius 3 is 2.43 bits per heavy atom. The van der Waals surface area contributed by atoms with Crippen LogP contribution >= 0.6 is 11.6 Å². The van der Waals surface area contributed by atoms with E-state index >= 15 is 0 Å². The van der Waals surface area contributed by atoms with Crippen LogP contribution in [0.1, 0.15) is 12.8 Å². The summed E-state index contributed by atoms with van der Waals surface area (Å²) in [6, 6.07) is 0. The molecule has 2 heterocycles. The first-order valence-electron chi connectivity index (χ1n) is 2.59. The fourth-order valence-electron chi connectivity index (χ4n) is 1.26. The van der Waals surface area contributed by atoms with Gasteiger partial charge in [0, 0.05) is 0 Å². The zero-order valence-corrected chi connectivity index (χ0v) is 4.74. The topological polar surface area (TPSA) is 9.23 Å². The molecule has 2 aliphatic heterocycles. The van der Waals surface area contributed by atoms with E-state index in [9.17, 15) is 0 Å². The Kier molecular flexibility index (Phi) is 0.583. The molecule has 0 atom stereocenters. The van der Waals surface area contributed by atoms with Gasteiger partial charge in [-0.3, -0.25) is 0 Å². The van der Waals surface area contributed by atoms with Gasteiger partial charge in [-0.1, -0.05) is 0 Å². The summed E-state index contributed by atoms with van der Waals surface area (Å²) in [7, 11) is 0. The highest BCUT2D eigenvalue weighted by Crippen LogP contribution is 2.47. The molecule has 1 nitrogen and oxygen atoms in total. The third-order valence-electron chi connectivity index (χ3n) is 1.76. The van der Waals surface area contributed by atoms with Crippen molar-refractivity contribution in [2.45, 2.75) is 23.8 Å². The Labute approximate surface area is 47.6 Å². The first-order valence-corrected chi connectivity index (χ1v) is 2.97. The number of alkyl halides is 1. The van der Waals surface area contributed by atoms with Gasteiger partial charge >= 0.3 is 0 Å². The molecule has 0 unspecified atom stereocenters. The number of rotatable bonds is 0. The van der Waals surface area contributed by atoms with E-state index in [1.165, 1.54) is 0 Å². The Morgan fingerprint density at radius 1 is 1.57 bits per heavy atom. The van der Waals surface area contributed by atoms with Gasteiger partial charge in [-0.25, -0.2) is 0 Å². The number of ether oxygens (including phenoxy) is 1. The molecule has 0 amide bonds. The number of fused-ring (bicyclic) bond motifs is 1. The van der Waals surface area contributed by atoms with Gasteiger partial charge in [0.1, 0.15) is 0 Å². The minimum atomic E-state index is 0.0880. The van der Waals surface area contributed by atoms with E-state index in [-0.39, 0.29) is 4.87 Å². The molecule has 0 aromatic heterocycles. The van der Waals surface area contributed by atoms with Crippen LogP contribution in [0, 0.1) is 0 Å². The van der Waals surface area contributed by atoms with Crippen LogP contribution < -0.4 is 0 Å². The molecule has 2 saturated heterocycles. The minimum absolute atomic E-state index is 0.0880. The van der Waals surface area contributed by atoms with Gasteiger partial charge in [-0.2, -0.15) is 0 Å². The van der Waals surface area contributed by atoms with Crippen LogP contribution in [0.15, 0.2) is 0 Å². The van der Waals surface area contributed by atoms with Crippen LogP contribution in [-0.2, 0) is 4.74 Å². The predicted octanol–water partition coefficient (Wildman–Crippen LogP) is 1.16. The molecule has 0 aromatic carbocycles. The maximum Gasteiger partial charge on any atom is 0.0728 e. The Balaban J connectivity index is 2.20. The van der Waals surface area contributed by atoms with E-state index in [1.807, 2.05) is 0 Å². The van der Waals surface area contributed by atoms with Gasteiger partial charge in [0.15, 0.2) is 0 Å². The van der Waals surface area contributed by atoms with Crippen molar-refractivity contribution in [1.82, 2.24) is 0 Å². The Hall–Kier alpha value is 0.250. The zero-order chi connectivity index (χ0) is 4.91. The quantitative estimate of drug-likeness (QED) is 0.434. The summed E-state index contributed by atoms with van der Waals surface area (Å²) < 4.78 is 5.20. The molecule has 3 fully saturated rings. The van der Waals surface area contributed by atoms with Crippen LogP contribution in [0.2, 0.25) is 0 Å². The first-order chi connectivity index (χ1) is 3.29. The third kappa shape index (κ3) is 0.428. The van der Waals surface area contributed by atoms with E-state index in [0.717, 1.165) is 19.4 Å². The summed E-state index contributed by atoms with van der Waals surface area (Å²) in [6.07, 6.45) is 2.71. The lowest BCUT2D eigenvalue weighted by molar-refractivity contribution is 0.127. The van der Waals surface area contributed by atoms with Crippen molar-refractivity contribution in [3.8, 4) is 0 Å². The maximum absolute atomic E-state index is 5.91. The molecule has 0 spiro atoms. The van der Waals surface area contributed by atoms with Crippen molar-refractivity contribution in [2.24, 2.45) is 0 Å². The smallest absolute Gasteiger partial charge is 0.0728 e. The van der Waals surface area contributed by atoms with E-state index in [4.69, 9.17) is 16.3 Å². The standard InChI is InChI=1S/C5H7ClO/c6-5-1-4(2-5)7-3-5/h4H,1-3H2. The molecule has 7 heavy (non-hydrogen) atoms. The average molecular weight is 119 g/mol. The fraction of sp³-hybridized carbons (Fsp3) is 1.00. The third-order valence-corrected chi connectivity index (χ3v) is 2.18. The second-order valence-corrected chi connectivity index (χ2v) is 3.29. The van der Waals surface area contributed by atoms with Crippen LogP contribution in [0.4, 0.5) is 0 Å². The number of hydrogen-bond acceptors (Lipinski definition) is 1. The van der Waals surface area contributed by atoms with E-state index in [0.29, 0.717) is 6.10 Å². The molecule has 1 aliphatic carbocycles. The lowest BCUT2D eigenvalue weighted by atomic mass is 9.86. The number of halogens is 1. The predicted molar refractivity (Wildman–Crippen MR) is 27.6 cm³/mol. The molecule has 0 radical (unpaired) electrons. The molecule has 2 bridgehead atoms. The summed E-state index contributed by atoms with van der Waals surface area (Å²) in [4.78, 5) is 0.0880. The summed E-state index contributed by atoms with van der Waals surface area (Å²) in [5.41, 5.74) is 0. The van der Waals surface area contributed by atoms with E-state index < -0.39 is 0 Å². The lowest BCUT2D eigenvalue weighted by Gasteiger charge is -2.27. The summed E-state index contributed by atoms with van der Waals surface area (Å²) in [5, 5.41) is 0. The molecule has 0 aromatic rings. The molecule has 3 rings (SSSR count). The first kappa shape index (κ1) is 4.16. The number of hydrogen-bond donors (Lipinski definition) is 0. The van der Waals surface area contributed by atoms with Crippen molar-refractivity contribution in [2.75, 3.05) is 6.61 Å². The van der Waals surface area contributed by atoms with Crippen LogP contribution in [0.5, 0.6) is 0 Å². The van der Waals surface area contributed by atoms with E-state index in [1.54, 1.807) is 0 Å². The molecular weight excluding hydrogens is 112 g/mol.